The van der Waals surface area contributed by atoms with Crippen molar-refractivity contribution in [3.63, 3.8) is 0 Å². The van der Waals surface area contributed by atoms with E-state index in [9.17, 15) is 0 Å². The van der Waals surface area contributed by atoms with Crippen LogP contribution in [0.3, 0.4) is 0 Å². The highest BCUT2D eigenvalue weighted by Gasteiger charge is 2.31. The van der Waals surface area contributed by atoms with Gasteiger partial charge in [-0.05, 0) is 37.1 Å². The third-order valence-corrected chi connectivity index (χ3v) is 6.06. The molecule has 124 valence electrons. The van der Waals surface area contributed by atoms with Crippen molar-refractivity contribution in [3.8, 4) is 0 Å². The van der Waals surface area contributed by atoms with Crippen LogP contribution < -0.4 is 4.90 Å². The lowest BCUT2D eigenvalue weighted by molar-refractivity contribution is 0.521. The summed E-state index contributed by atoms with van der Waals surface area (Å²) in [7, 11) is 0. The maximum Gasteiger partial charge on any atom is 0.150 e. The molecule has 7 heteroatoms. The van der Waals surface area contributed by atoms with E-state index in [0.717, 1.165) is 50.6 Å². The zero-order chi connectivity index (χ0) is 17.0. The Hall–Kier alpha value is -2.67. The van der Waals surface area contributed by atoms with E-state index in [-0.39, 0.29) is 0 Å². The lowest BCUT2D eigenvalue weighted by Crippen LogP contribution is -2.45. The monoisotopic (exact) mass is 348 g/mol. The van der Waals surface area contributed by atoms with Crippen molar-refractivity contribution < 1.29 is 0 Å². The minimum Gasteiger partial charge on any atom is -0.354 e. The molecule has 1 aliphatic rings. The zero-order valence-corrected chi connectivity index (χ0v) is 14.8. The maximum absolute atomic E-state index is 4.57. The van der Waals surface area contributed by atoms with Crippen LogP contribution in [0, 0.1) is 13.8 Å². The standard InChI is InChI=1S/C18H16N6S/c1-10-11(2)22-23-18-14(10)15-16(25-18)17(21-9-20-15)24-7-13(8-24)12-3-5-19-6-4-12/h3-6,9,13H,7-8H2,1-2H3. The number of fused-ring (bicyclic) bond motifs is 3. The van der Waals surface area contributed by atoms with Crippen LogP contribution in [0.5, 0.6) is 0 Å². The topological polar surface area (TPSA) is 67.7 Å². The predicted octanol–water partition coefficient (Wildman–Crippen LogP) is 3.25. The van der Waals surface area contributed by atoms with E-state index in [1.54, 1.807) is 17.7 Å². The van der Waals surface area contributed by atoms with Gasteiger partial charge in [0.1, 0.15) is 17.0 Å². The summed E-state index contributed by atoms with van der Waals surface area (Å²) in [6.45, 7) is 6.01. The maximum atomic E-state index is 4.57. The van der Waals surface area contributed by atoms with Crippen LogP contribution in [0.25, 0.3) is 20.4 Å². The van der Waals surface area contributed by atoms with Crippen molar-refractivity contribution in [1.82, 2.24) is 25.1 Å². The van der Waals surface area contributed by atoms with Gasteiger partial charge in [-0.25, -0.2) is 9.97 Å². The van der Waals surface area contributed by atoms with Crippen LogP contribution in [0.4, 0.5) is 5.82 Å². The molecule has 0 aliphatic carbocycles. The number of hydrogen-bond acceptors (Lipinski definition) is 7. The van der Waals surface area contributed by atoms with Crippen LogP contribution in [-0.2, 0) is 0 Å². The van der Waals surface area contributed by atoms with Crippen LogP contribution in [0.1, 0.15) is 22.7 Å². The highest BCUT2D eigenvalue weighted by molar-refractivity contribution is 7.26. The lowest BCUT2D eigenvalue weighted by Gasteiger charge is -2.40. The first-order valence-corrected chi connectivity index (χ1v) is 9.06. The smallest absolute Gasteiger partial charge is 0.150 e. The fraction of sp³-hybridized carbons (Fsp3) is 0.278. The molecule has 25 heavy (non-hydrogen) atoms. The Labute approximate surface area is 148 Å². The van der Waals surface area contributed by atoms with Gasteiger partial charge in [-0.1, -0.05) is 0 Å². The largest absolute Gasteiger partial charge is 0.354 e. The summed E-state index contributed by atoms with van der Waals surface area (Å²) in [5.41, 5.74) is 4.44. The average molecular weight is 348 g/mol. The Kier molecular flexibility index (Phi) is 3.18. The van der Waals surface area contributed by atoms with Crippen LogP contribution in [0.2, 0.25) is 0 Å². The van der Waals surface area contributed by atoms with Gasteiger partial charge in [-0.2, -0.15) is 5.10 Å². The number of hydrogen-bond donors (Lipinski definition) is 0. The van der Waals surface area contributed by atoms with E-state index in [1.807, 2.05) is 19.3 Å². The zero-order valence-electron chi connectivity index (χ0n) is 14.0. The summed E-state index contributed by atoms with van der Waals surface area (Å²) < 4.78 is 1.11. The molecule has 4 aromatic rings. The molecule has 0 aromatic carbocycles. The van der Waals surface area contributed by atoms with Crippen molar-refractivity contribution in [2.75, 3.05) is 18.0 Å². The minimum atomic E-state index is 0.533. The van der Waals surface area contributed by atoms with Crippen LogP contribution >= 0.6 is 11.3 Å². The first kappa shape index (κ1) is 14.7. The summed E-state index contributed by atoms with van der Waals surface area (Å²) in [5, 5.41) is 9.73. The molecule has 0 amide bonds. The van der Waals surface area contributed by atoms with Gasteiger partial charge in [-0.3, -0.25) is 4.98 Å². The number of pyridine rings is 1. The molecule has 0 unspecified atom stereocenters. The van der Waals surface area contributed by atoms with Gasteiger partial charge in [-0.15, -0.1) is 16.4 Å². The SMILES string of the molecule is Cc1nnc2sc3c(N4CC(c5ccncc5)C4)ncnc3c2c1C. The second-order valence-electron chi connectivity index (χ2n) is 6.45. The Morgan fingerprint density at radius 3 is 2.68 bits per heavy atom. The van der Waals surface area contributed by atoms with Crippen molar-refractivity contribution in [2.24, 2.45) is 0 Å². The quantitative estimate of drug-likeness (QED) is 0.554. The minimum absolute atomic E-state index is 0.533. The fourth-order valence-electron chi connectivity index (χ4n) is 3.39. The lowest BCUT2D eigenvalue weighted by atomic mass is 9.92. The number of aryl methyl sites for hydroxylation is 2. The second-order valence-corrected chi connectivity index (χ2v) is 7.45. The number of thiophene rings is 1. The Morgan fingerprint density at radius 2 is 1.88 bits per heavy atom. The van der Waals surface area contributed by atoms with Gasteiger partial charge in [0.2, 0.25) is 0 Å². The average Bonchev–Trinajstić information content (AvgIpc) is 2.98. The van der Waals surface area contributed by atoms with Gasteiger partial charge < -0.3 is 4.90 Å². The fourth-order valence-corrected chi connectivity index (χ4v) is 4.54. The first-order chi connectivity index (χ1) is 12.2. The highest BCUT2D eigenvalue weighted by atomic mass is 32.1. The number of nitrogens with zero attached hydrogens (tertiary/aromatic N) is 6. The van der Waals surface area contributed by atoms with Crippen molar-refractivity contribution in [2.45, 2.75) is 19.8 Å². The number of aromatic nitrogens is 5. The predicted molar refractivity (Wildman–Crippen MR) is 99.2 cm³/mol. The molecule has 5 heterocycles. The van der Waals surface area contributed by atoms with Crippen LogP contribution in [-0.4, -0.2) is 38.2 Å². The molecule has 5 rings (SSSR count). The van der Waals surface area contributed by atoms with E-state index in [2.05, 4.69) is 49.1 Å². The summed E-state index contributed by atoms with van der Waals surface area (Å²) in [4.78, 5) is 16.5. The highest BCUT2D eigenvalue weighted by Crippen LogP contribution is 2.40. The first-order valence-electron chi connectivity index (χ1n) is 8.24. The van der Waals surface area contributed by atoms with E-state index in [4.69, 9.17) is 0 Å². The molecule has 0 radical (unpaired) electrons. The van der Waals surface area contributed by atoms with Crippen molar-refractivity contribution in [1.29, 1.82) is 0 Å². The van der Waals surface area contributed by atoms with E-state index < -0.39 is 0 Å². The van der Waals surface area contributed by atoms with Gasteiger partial charge in [0, 0.05) is 36.8 Å². The third kappa shape index (κ3) is 2.19. The molecule has 1 saturated heterocycles. The molecule has 0 spiro atoms. The van der Waals surface area contributed by atoms with Crippen molar-refractivity contribution in [3.05, 3.63) is 47.7 Å². The Morgan fingerprint density at radius 1 is 1.08 bits per heavy atom. The Bertz CT molecular complexity index is 1090. The second kappa shape index (κ2) is 5.42. The van der Waals surface area contributed by atoms with E-state index in [0.29, 0.717) is 5.92 Å². The summed E-state index contributed by atoms with van der Waals surface area (Å²) in [5.74, 6) is 1.54. The Balaban J connectivity index is 1.56. The molecule has 0 saturated carbocycles. The van der Waals surface area contributed by atoms with E-state index in [1.165, 1.54) is 5.56 Å². The molecule has 0 atom stereocenters. The molecular weight excluding hydrogens is 332 g/mol. The summed E-state index contributed by atoms with van der Waals surface area (Å²) in [6, 6.07) is 4.19. The molecule has 6 nitrogen and oxygen atoms in total. The van der Waals surface area contributed by atoms with Crippen molar-refractivity contribution >= 4 is 37.6 Å². The van der Waals surface area contributed by atoms with E-state index >= 15 is 0 Å². The number of anilines is 1. The third-order valence-electron chi connectivity index (χ3n) is 5.00. The molecule has 1 fully saturated rings. The van der Waals surface area contributed by atoms with Gasteiger partial charge >= 0.3 is 0 Å². The summed E-state index contributed by atoms with van der Waals surface area (Å²) >= 11 is 1.64. The molecular formula is C18H16N6S. The van der Waals surface area contributed by atoms with Gasteiger partial charge in [0.15, 0.2) is 0 Å². The normalized spacial score (nSPS) is 15.0. The number of rotatable bonds is 2. The molecule has 0 N–H and O–H groups in total. The van der Waals surface area contributed by atoms with Gasteiger partial charge in [0.05, 0.1) is 15.9 Å². The molecule has 1 aliphatic heterocycles. The summed E-state index contributed by atoms with van der Waals surface area (Å²) in [6.07, 6.45) is 5.38. The van der Waals surface area contributed by atoms with Gasteiger partial charge in [0.25, 0.3) is 0 Å². The molecule has 0 bridgehead atoms. The van der Waals surface area contributed by atoms with Crippen LogP contribution in [0.15, 0.2) is 30.9 Å². The molecule has 4 aromatic heterocycles.